The van der Waals surface area contributed by atoms with E-state index in [0.717, 1.165) is 32.5 Å². The minimum Gasteiger partial charge on any atom is -0.467 e. The van der Waals surface area contributed by atoms with Crippen molar-refractivity contribution < 1.29 is 57.2 Å². The molecule has 0 radical (unpaired) electrons. The van der Waals surface area contributed by atoms with Crippen LogP contribution < -0.4 is 10.6 Å². The van der Waals surface area contributed by atoms with Crippen LogP contribution in [0.3, 0.4) is 0 Å². The summed E-state index contributed by atoms with van der Waals surface area (Å²) in [6.45, 7) is 11.6. The lowest BCUT2D eigenvalue weighted by molar-refractivity contribution is -0.208. The number of methoxy groups -OCH3 is 1. The highest BCUT2D eigenvalue weighted by Crippen LogP contribution is 2.35. The van der Waals surface area contributed by atoms with E-state index in [1.165, 1.54) is 7.11 Å². The van der Waals surface area contributed by atoms with Crippen molar-refractivity contribution in [3.8, 4) is 0 Å². The van der Waals surface area contributed by atoms with Crippen molar-refractivity contribution in [3.05, 3.63) is 10.4 Å². The lowest BCUT2D eigenvalue weighted by Crippen LogP contribution is -2.60. The number of hydrogen-bond acceptors (Lipinski definition) is 14. The molecule has 1 aliphatic rings. The van der Waals surface area contributed by atoms with Crippen molar-refractivity contribution in [2.24, 2.45) is 11.0 Å². The van der Waals surface area contributed by atoms with Crippen LogP contribution in [0.4, 0.5) is 4.79 Å². The maximum atomic E-state index is 13.4. The number of nitrogens with one attached hydrogen (secondary N) is 2. The first-order valence-corrected chi connectivity index (χ1v) is 15.7. The highest BCUT2D eigenvalue weighted by molar-refractivity contribution is 7.99. The molecule has 1 saturated heterocycles. The van der Waals surface area contributed by atoms with Gasteiger partial charge in [-0.15, -0.1) is 11.8 Å². The molecule has 0 spiro atoms. The summed E-state index contributed by atoms with van der Waals surface area (Å²) < 4.78 is 32.1. The molecule has 0 aliphatic carbocycles. The predicted molar refractivity (Wildman–Crippen MR) is 163 cm³/mol. The average molecular weight is 676 g/mol. The summed E-state index contributed by atoms with van der Waals surface area (Å²) in [6, 6.07) is -3.41. The number of esters is 4. The van der Waals surface area contributed by atoms with Crippen molar-refractivity contribution in [2.45, 2.75) is 116 Å². The molecule has 17 nitrogen and oxygen atoms in total. The topological polar surface area (TPSA) is 231 Å². The zero-order valence-corrected chi connectivity index (χ0v) is 28.4. The fourth-order valence-electron chi connectivity index (χ4n) is 4.28. The summed E-state index contributed by atoms with van der Waals surface area (Å²) in [4.78, 5) is 76.8. The van der Waals surface area contributed by atoms with E-state index in [1.54, 1.807) is 27.7 Å². The molecule has 46 heavy (non-hydrogen) atoms. The summed E-state index contributed by atoms with van der Waals surface area (Å²) in [7, 11) is 1.20. The van der Waals surface area contributed by atoms with Gasteiger partial charge in [-0.1, -0.05) is 25.4 Å². The Labute approximate surface area is 272 Å². The molecule has 1 aliphatic heterocycles. The number of hydrogen-bond donors (Lipinski definition) is 2. The number of alkyl carbamates (subject to hydrolysis) is 1. The fraction of sp³-hybridized carbons (Fsp3) is 0.786. The van der Waals surface area contributed by atoms with Crippen molar-refractivity contribution in [1.29, 1.82) is 0 Å². The monoisotopic (exact) mass is 675 g/mol. The van der Waals surface area contributed by atoms with Crippen LogP contribution in [0.5, 0.6) is 0 Å². The zero-order valence-electron chi connectivity index (χ0n) is 27.6. The number of nitrogens with zero attached hydrogens (tertiary/aromatic N) is 3. The number of rotatable bonds is 15. The van der Waals surface area contributed by atoms with E-state index in [1.807, 2.05) is 6.92 Å². The van der Waals surface area contributed by atoms with E-state index in [-0.39, 0.29) is 24.7 Å². The number of carbonyl (C=O) groups is 6. The molecule has 0 bridgehead atoms. The van der Waals surface area contributed by atoms with Gasteiger partial charge in [0.05, 0.1) is 7.11 Å². The largest absolute Gasteiger partial charge is 0.467 e. The van der Waals surface area contributed by atoms with Crippen molar-refractivity contribution in [3.63, 3.8) is 0 Å². The van der Waals surface area contributed by atoms with E-state index in [4.69, 9.17) is 28.4 Å². The molecule has 0 aromatic carbocycles. The SMILES string of the molecule is CC[C@H](C)[C@H](NC(=O)[C@H](CCS[C@@H]1O[C@H](COC(C)=O)[C@H](OC(C)=O)[C@H](OC(C)=O)[C@H]1N=[N+]=[N-])NC(=O)OC(C)(C)C)C(=O)OC. The van der Waals surface area contributed by atoms with E-state index >= 15 is 0 Å². The molecule has 1 fully saturated rings. The molecule has 0 saturated carbocycles. The summed E-state index contributed by atoms with van der Waals surface area (Å²) in [5.74, 6) is -3.72. The Morgan fingerprint density at radius 1 is 1.00 bits per heavy atom. The van der Waals surface area contributed by atoms with Gasteiger partial charge in [0.2, 0.25) is 5.91 Å². The smallest absolute Gasteiger partial charge is 0.408 e. The van der Waals surface area contributed by atoms with Gasteiger partial charge in [-0.05, 0) is 44.4 Å². The Kier molecular flexibility index (Phi) is 16.7. The van der Waals surface area contributed by atoms with Crippen molar-refractivity contribution in [2.75, 3.05) is 19.5 Å². The van der Waals surface area contributed by atoms with Crippen molar-refractivity contribution >= 4 is 47.6 Å². The summed E-state index contributed by atoms with van der Waals surface area (Å²) >= 11 is 1.04. The maximum Gasteiger partial charge on any atom is 0.408 e. The minimum absolute atomic E-state index is 0.0345. The normalized spacial score (nSPS) is 22.8. The first-order valence-electron chi connectivity index (χ1n) is 14.6. The molecular formula is C28H45N5O12S. The predicted octanol–water partition coefficient (Wildman–Crippen LogP) is 2.54. The van der Waals surface area contributed by atoms with Gasteiger partial charge < -0.3 is 39.1 Å². The second-order valence-corrected chi connectivity index (χ2v) is 12.6. The Morgan fingerprint density at radius 2 is 1.61 bits per heavy atom. The zero-order chi connectivity index (χ0) is 35.2. The van der Waals surface area contributed by atoms with E-state index < -0.39 is 83.4 Å². The number of azide groups is 1. The van der Waals surface area contributed by atoms with Gasteiger partial charge in [0, 0.05) is 25.7 Å². The third-order valence-corrected chi connectivity index (χ3v) is 7.71. The molecule has 1 heterocycles. The van der Waals surface area contributed by atoms with Crippen LogP contribution in [-0.2, 0) is 52.4 Å². The van der Waals surface area contributed by atoms with E-state index in [9.17, 15) is 34.3 Å². The second kappa shape index (κ2) is 19.0. The first kappa shape index (κ1) is 40.3. The molecule has 1 rings (SSSR count). The molecule has 260 valence electrons. The molecule has 0 aromatic rings. The second-order valence-electron chi connectivity index (χ2n) is 11.4. The van der Waals surface area contributed by atoms with Gasteiger partial charge in [0.15, 0.2) is 12.2 Å². The number of ether oxygens (including phenoxy) is 6. The van der Waals surface area contributed by atoms with Crippen LogP contribution in [0.25, 0.3) is 10.4 Å². The Hall–Kier alpha value is -3.76. The van der Waals surface area contributed by atoms with Gasteiger partial charge >= 0.3 is 30.0 Å². The molecule has 0 aromatic heterocycles. The fourth-order valence-corrected chi connectivity index (χ4v) is 5.51. The third kappa shape index (κ3) is 13.7. The highest BCUT2D eigenvalue weighted by Gasteiger charge is 2.50. The standard InChI is InChI=1S/C28H45N5O12S/c1-10-14(2)20(25(38)40-9)31-24(37)18(30-27(39)45-28(6,7)8)11-12-46-26-21(32-33-29)23(43-17(5)36)22(42-16(4)35)19(44-26)13-41-15(3)34/h14,18-23,26H,10-13H2,1-9H3,(H,30,39)(H,31,37)/t14-,18-,19+,20-,21+,22-,23+,26-/m0/s1. The highest BCUT2D eigenvalue weighted by atomic mass is 32.2. The summed E-state index contributed by atoms with van der Waals surface area (Å²) in [5.41, 5.74) is 7.39. The molecular weight excluding hydrogens is 630 g/mol. The summed E-state index contributed by atoms with van der Waals surface area (Å²) in [5, 5.41) is 8.92. The number of carbonyl (C=O) groups excluding carboxylic acids is 6. The number of thioether (sulfide) groups is 1. The van der Waals surface area contributed by atoms with Crippen LogP contribution >= 0.6 is 11.8 Å². The van der Waals surface area contributed by atoms with Crippen LogP contribution in [-0.4, -0.2) is 103 Å². The van der Waals surface area contributed by atoms with E-state index in [2.05, 4.69) is 20.7 Å². The number of amides is 2. The van der Waals surface area contributed by atoms with Gasteiger partial charge in [-0.25, -0.2) is 9.59 Å². The lowest BCUT2D eigenvalue weighted by Gasteiger charge is -2.43. The van der Waals surface area contributed by atoms with Gasteiger partial charge in [0.1, 0.15) is 41.9 Å². The molecule has 8 atom stereocenters. The van der Waals surface area contributed by atoms with Crippen LogP contribution in [0.2, 0.25) is 0 Å². The Balaban J connectivity index is 3.34. The van der Waals surface area contributed by atoms with Crippen molar-refractivity contribution in [1.82, 2.24) is 10.6 Å². The first-order chi connectivity index (χ1) is 21.4. The average Bonchev–Trinajstić information content (AvgIpc) is 2.94. The third-order valence-electron chi connectivity index (χ3n) is 6.52. The molecule has 2 amide bonds. The minimum atomic E-state index is -1.32. The van der Waals surface area contributed by atoms with Gasteiger partial charge in [0.25, 0.3) is 0 Å². The maximum absolute atomic E-state index is 13.4. The van der Waals surface area contributed by atoms with E-state index in [0.29, 0.717) is 6.42 Å². The van der Waals surface area contributed by atoms with Gasteiger partial charge in [-0.2, -0.15) is 0 Å². The molecule has 2 N–H and O–H groups in total. The quantitative estimate of drug-likeness (QED) is 0.0836. The Bertz CT molecular complexity index is 1140. The van der Waals surface area contributed by atoms with Crippen LogP contribution in [0, 0.1) is 5.92 Å². The molecule has 18 heteroatoms. The summed E-state index contributed by atoms with van der Waals surface area (Å²) in [6.07, 6.45) is -4.11. The lowest BCUT2D eigenvalue weighted by atomic mass is 9.98. The van der Waals surface area contributed by atoms with Crippen LogP contribution in [0.1, 0.15) is 68.2 Å². The molecule has 0 unspecified atom stereocenters. The van der Waals surface area contributed by atoms with Crippen LogP contribution in [0.15, 0.2) is 5.11 Å². The van der Waals surface area contributed by atoms with Gasteiger partial charge in [-0.3, -0.25) is 19.2 Å². The Morgan fingerprint density at radius 3 is 2.11 bits per heavy atom.